The molecule has 1 aromatic heterocycles. The molecular formula is C22H26N4O. The molecular weight excluding hydrogens is 336 g/mol. The van der Waals surface area contributed by atoms with E-state index in [1.807, 2.05) is 91.3 Å². The van der Waals surface area contributed by atoms with Gasteiger partial charge in [0.25, 0.3) is 0 Å². The first-order chi connectivity index (χ1) is 13.0. The molecule has 0 aliphatic heterocycles. The summed E-state index contributed by atoms with van der Waals surface area (Å²) in [4.78, 5) is 16.4. The number of hydrogen-bond donors (Lipinski definition) is 0. The van der Waals surface area contributed by atoms with Crippen molar-refractivity contribution in [3.63, 3.8) is 0 Å². The fourth-order valence-electron chi connectivity index (χ4n) is 3.15. The Hall–Kier alpha value is -3.08. The van der Waals surface area contributed by atoms with E-state index in [0.29, 0.717) is 13.1 Å². The number of carbonyl (C=O) groups is 1. The quantitative estimate of drug-likeness (QED) is 0.673. The lowest BCUT2D eigenvalue weighted by atomic mass is 10.2. The summed E-state index contributed by atoms with van der Waals surface area (Å²) in [6, 6.07) is 20.0. The maximum atomic E-state index is 12.7. The maximum absolute atomic E-state index is 12.7. The molecule has 0 fully saturated rings. The highest BCUT2D eigenvalue weighted by atomic mass is 16.2. The molecule has 0 spiro atoms. The number of para-hydroxylation sites is 2. The van der Waals surface area contributed by atoms with Gasteiger partial charge in [0.2, 0.25) is 5.91 Å². The van der Waals surface area contributed by atoms with E-state index in [9.17, 15) is 4.79 Å². The molecule has 0 aliphatic rings. The van der Waals surface area contributed by atoms with Gasteiger partial charge in [-0.15, -0.1) is 0 Å². The molecule has 1 amide bonds. The zero-order valence-corrected chi connectivity index (χ0v) is 16.4. The molecule has 0 unspecified atom stereocenters. The summed E-state index contributed by atoms with van der Waals surface area (Å²) in [5, 5.41) is 4.67. The molecule has 0 saturated heterocycles. The van der Waals surface area contributed by atoms with Crippen LogP contribution in [0.2, 0.25) is 0 Å². The van der Waals surface area contributed by atoms with Crippen molar-refractivity contribution in [2.75, 3.05) is 25.5 Å². The van der Waals surface area contributed by atoms with Crippen LogP contribution in [0.15, 0.2) is 60.7 Å². The Kier molecular flexibility index (Phi) is 5.60. The van der Waals surface area contributed by atoms with E-state index in [1.165, 1.54) is 0 Å². The third-order valence-corrected chi connectivity index (χ3v) is 4.83. The van der Waals surface area contributed by atoms with Crippen LogP contribution >= 0.6 is 0 Å². The van der Waals surface area contributed by atoms with Gasteiger partial charge in [-0.25, -0.2) is 4.68 Å². The molecule has 0 bridgehead atoms. The molecule has 0 atom stereocenters. The highest BCUT2D eigenvalue weighted by Gasteiger charge is 2.18. The Morgan fingerprint density at radius 3 is 2.19 bits per heavy atom. The van der Waals surface area contributed by atoms with Gasteiger partial charge in [-0.3, -0.25) is 4.79 Å². The first kappa shape index (κ1) is 18.7. The zero-order valence-electron chi connectivity index (χ0n) is 16.4. The van der Waals surface area contributed by atoms with Gasteiger partial charge >= 0.3 is 0 Å². The lowest BCUT2D eigenvalue weighted by Crippen LogP contribution is -2.36. The molecule has 0 saturated carbocycles. The van der Waals surface area contributed by atoms with Gasteiger partial charge < -0.3 is 9.80 Å². The fourth-order valence-corrected chi connectivity index (χ4v) is 3.15. The van der Waals surface area contributed by atoms with Crippen LogP contribution < -0.4 is 4.90 Å². The summed E-state index contributed by atoms with van der Waals surface area (Å²) in [5.41, 5.74) is 5.17. The number of carbonyl (C=O) groups excluding carboxylic acids is 1. The topological polar surface area (TPSA) is 41.4 Å². The number of rotatable bonds is 6. The lowest BCUT2D eigenvalue weighted by Gasteiger charge is -2.23. The normalized spacial score (nSPS) is 10.7. The zero-order chi connectivity index (χ0) is 19.4. The van der Waals surface area contributed by atoms with Crippen molar-refractivity contribution in [2.24, 2.45) is 0 Å². The molecule has 5 nitrogen and oxygen atoms in total. The van der Waals surface area contributed by atoms with Crippen molar-refractivity contribution in [1.82, 2.24) is 14.7 Å². The number of nitrogens with zero attached hydrogens (tertiary/aromatic N) is 4. The molecule has 140 valence electrons. The summed E-state index contributed by atoms with van der Waals surface area (Å²) >= 11 is 0. The summed E-state index contributed by atoms with van der Waals surface area (Å²) in [6.07, 6.45) is 0. The number of anilines is 1. The monoisotopic (exact) mass is 362 g/mol. The van der Waals surface area contributed by atoms with Gasteiger partial charge in [-0.1, -0.05) is 36.4 Å². The Morgan fingerprint density at radius 1 is 0.963 bits per heavy atom. The third-order valence-electron chi connectivity index (χ3n) is 4.83. The van der Waals surface area contributed by atoms with Crippen molar-refractivity contribution in [3.8, 4) is 5.69 Å². The highest BCUT2D eigenvalue weighted by molar-refractivity contribution is 5.81. The van der Waals surface area contributed by atoms with E-state index in [-0.39, 0.29) is 5.91 Å². The summed E-state index contributed by atoms with van der Waals surface area (Å²) < 4.78 is 1.94. The molecule has 1 heterocycles. The van der Waals surface area contributed by atoms with E-state index in [2.05, 4.69) is 12.0 Å². The van der Waals surface area contributed by atoms with Crippen LogP contribution in [-0.2, 0) is 11.3 Å². The predicted octanol–water partition coefficient (Wildman–Crippen LogP) is 3.58. The number of aryl methyl sites for hydroxylation is 1. The average molecular weight is 362 g/mol. The summed E-state index contributed by atoms with van der Waals surface area (Å²) in [6.45, 7) is 4.93. The summed E-state index contributed by atoms with van der Waals surface area (Å²) in [5.74, 6) is 0.0765. The molecule has 3 aromatic rings. The third kappa shape index (κ3) is 4.19. The van der Waals surface area contributed by atoms with Crippen molar-refractivity contribution >= 4 is 11.6 Å². The number of hydrogen-bond acceptors (Lipinski definition) is 3. The Balaban J connectivity index is 1.71. The van der Waals surface area contributed by atoms with Crippen molar-refractivity contribution in [1.29, 1.82) is 0 Å². The maximum Gasteiger partial charge on any atom is 0.242 e. The van der Waals surface area contributed by atoms with E-state index in [0.717, 1.165) is 28.3 Å². The van der Waals surface area contributed by atoms with Crippen LogP contribution in [-0.4, -0.2) is 41.2 Å². The number of likely N-dealkylation sites (N-methyl/N-ethyl adjacent to an activating group) is 2. The fraction of sp³-hybridized carbons (Fsp3) is 0.273. The van der Waals surface area contributed by atoms with E-state index < -0.39 is 0 Å². The molecule has 5 heteroatoms. The van der Waals surface area contributed by atoms with Crippen LogP contribution in [0.5, 0.6) is 0 Å². The second-order valence-electron chi connectivity index (χ2n) is 6.84. The SMILES string of the molecule is Cc1nn(-c2ccccc2)c(C)c1CN(C)C(=O)CN(C)c1ccccc1. The molecule has 0 N–H and O–H groups in total. The minimum absolute atomic E-state index is 0.0765. The highest BCUT2D eigenvalue weighted by Crippen LogP contribution is 2.19. The van der Waals surface area contributed by atoms with Crippen LogP contribution in [0.1, 0.15) is 17.0 Å². The minimum atomic E-state index is 0.0765. The standard InChI is InChI=1S/C22H26N4O/c1-17-21(18(2)26(23-17)20-13-9-6-10-14-20)15-25(4)22(27)16-24(3)19-11-7-5-8-12-19/h5-14H,15-16H2,1-4H3. The van der Waals surface area contributed by atoms with Crippen LogP contribution in [0.3, 0.4) is 0 Å². The summed E-state index contributed by atoms with van der Waals surface area (Å²) in [7, 11) is 3.78. The molecule has 2 aromatic carbocycles. The second kappa shape index (κ2) is 8.08. The Morgan fingerprint density at radius 2 is 1.56 bits per heavy atom. The Bertz CT molecular complexity index is 903. The number of aromatic nitrogens is 2. The molecule has 0 radical (unpaired) electrons. The van der Waals surface area contributed by atoms with Gasteiger partial charge in [-0.05, 0) is 38.1 Å². The van der Waals surface area contributed by atoms with Crippen LogP contribution in [0.4, 0.5) is 5.69 Å². The lowest BCUT2D eigenvalue weighted by molar-refractivity contribution is -0.128. The van der Waals surface area contributed by atoms with Gasteiger partial charge in [0.15, 0.2) is 0 Å². The van der Waals surface area contributed by atoms with Crippen molar-refractivity contribution in [3.05, 3.63) is 77.6 Å². The van der Waals surface area contributed by atoms with Crippen molar-refractivity contribution in [2.45, 2.75) is 20.4 Å². The van der Waals surface area contributed by atoms with E-state index >= 15 is 0 Å². The van der Waals surface area contributed by atoms with Gasteiger partial charge in [0.05, 0.1) is 17.9 Å². The van der Waals surface area contributed by atoms with Gasteiger partial charge in [-0.2, -0.15) is 5.10 Å². The van der Waals surface area contributed by atoms with E-state index in [1.54, 1.807) is 4.90 Å². The smallest absolute Gasteiger partial charge is 0.242 e. The van der Waals surface area contributed by atoms with Crippen molar-refractivity contribution < 1.29 is 4.79 Å². The average Bonchev–Trinajstić information content (AvgIpc) is 2.97. The van der Waals surface area contributed by atoms with Gasteiger partial charge in [0.1, 0.15) is 0 Å². The molecule has 27 heavy (non-hydrogen) atoms. The number of amides is 1. The van der Waals surface area contributed by atoms with Crippen LogP contribution in [0.25, 0.3) is 5.69 Å². The number of benzene rings is 2. The largest absolute Gasteiger partial charge is 0.365 e. The molecule has 3 rings (SSSR count). The second-order valence-corrected chi connectivity index (χ2v) is 6.84. The molecule has 0 aliphatic carbocycles. The van der Waals surface area contributed by atoms with Crippen LogP contribution in [0, 0.1) is 13.8 Å². The van der Waals surface area contributed by atoms with E-state index in [4.69, 9.17) is 0 Å². The first-order valence-electron chi connectivity index (χ1n) is 9.08. The first-order valence-corrected chi connectivity index (χ1v) is 9.08. The predicted molar refractivity (Wildman–Crippen MR) is 109 cm³/mol. The van der Waals surface area contributed by atoms with Gasteiger partial charge in [0, 0.05) is 37.6 Å². The Labute approximate surface area is 160 Å². The minimum Gasteiger partial charge on any atom is -0.365 e.